The molecule has 68 heavy (non-hydrogen) atoms. The number of hydrogen-bond donors (Lipinski definition) is 3. The molecule has 1 saturated heterocycles. The van der Waals surface area contributed by atoms with Crippen molar-refractivity contribution in [1.82, 2.24) is 40.0 Å². The summed E-state index contributed by atoms with van der Waals surface area (Å²) in [7, 11) is 4.86. The summed E-state index contributed by atoms with van der Waals surface area (Å²) in [6.07, 6.45) is 6.81. The lowest BCUT2D eigenvalue weighted by molar-refractivity contribution is -0.144. The van der Waals surface area contributed by atoms with Gasteiger partial charge < -0.3 is 58.5 Å². The van der Waals surface area contributed by atoms with E-state index in [0.29, 0.717) is 35.9 Å². The van der Waals surface area contributed by atoms with Crippen LogP contribution < -0.4 is 20.1 Å². The van der Waals surface area contributed by atoms with Gasteiger partial charge in [0.05, 0.1) is 60.0 Å². The van der Waals surface area contributed by atoms with Crippen LogP contribution in [0.1, 0.15) is 73.1 Å². The van der Waals surface area contributed by atoms with E-state index in [1.165, 1.54) is 41.8 Å². The number of ether oxygens (including phenoxy) is 4. The predicted molar refractivity (Wildman–Crippen MR) is 252 cm³/mol. The maximum Gasteiger partial charge on any atom is 0.271 e. The van der Waals surface area contributed by atoms with Gasteiger partial charge in [-0.15, -0.1) is 11.3 Å². The number of thiophene rings is 1. The Bertz CT molecular complexity index is 2520. The van der Waals surface area contributed by atoms with Crippen LogP contribution in [-0.2, 0) is 32.5 Å². The second-order valence-electron chi connectivity index (χ2n) is 18.0. The van der Waals surface area contributed by atoms with E-state index in [0.717, 1.165) is 53.8 Å². The first-order chi connectivity index (χ1) is 32.6. The molecule has 2 fully saturated rings. The average Bonchev–Trinajstić information content (AvgIpc) is 4.07. The maximum atomic E-state index is 14.7. The number of aromatic nitrogens is 3. The zero-order valence-corrected chi connectivity index (χ0v) is 40.4. The normalized spacial score (nSPS) is 17.6. The number of nitrogens with zero attached hydrogens (tertiary/aromatic N) is 6. The summed E-state index contributed by atoms with van der Waals surface area (Å²) in [6, 6.07) is 8.04. The van der Waals surface area contributed by atoms with Crippen molar-refractivity contribution in [2.75, 3.05) is 79.9 Å². The fourth-order valence-corrected chi connectivity index (χ4v) is 9.43. The van der Waals surface area contributed by atoms with Crippen LogP contribution in [0.2, 0.25) is 0 Å². The van der Waals surface area contributed by atoms with Crippen molar-refractivity contribution in [1.29, 1.82) is 0 Å². The van der Waals surface area contributed by atoms with Gasteiger partial charge in [0.15, 0.2) is 0 Å². The highest BCUT2D eigenvalue weighted by Crippen LogP contribution is 2.35. The first-order valence-electron chi connectivity index (χ1n) is 23.2. The number of piperazine rings is 1. The third-order valence-corrected chi connectivity index (χ3v) is 13.6. The van der Waals surface area contributed by atoms with Crippen LogP contribution in [0.4, 0.5) is 4.39 Å². The molecule has 1 aliphatic heterocycles. The number of rotatable bonds is 21. The molecule has 1 aliphatic carbocycles. The highest BCUT2D eigenvalue weighted by atomic mass is 32.1. The minimum atomic E-state index is -1.56. The van der Waals surface area contributed by atoms with E-state index < -0.39 is 47.1 Å². The lowest BCUT2D eigenvalue weighted by Crippen LogP contribution is -2.63. The van der Waals surface area contributed by atoms with E-state index in [-0.39, 0.29) is 69.9 Å². The quantitative estimate of drug-likeness (QED) is 0.0874. The molecular weight excluding hydrogens is 900 g/mol. The summed E-state index contributed by atoms with van der Waals surface area (Å²) in [5.41, 5.74) is 0.0621. The van der Waals surface area contributed by atoms with Gasteiger partial charge in [-0.25, -0.2) is 4.39 Å². The molecular formula is C48H63FN8O10S. The number of aryl methyl sites for hydroxylation is 1. The van der Waals surface area contributed by atoms with Crippen molar-refractivity contribution in [3.8, 4) is 11.6 Å². The van der Waals surface area contributed by atoms with Crippen molar-refractivity contribution in [3.05, 3.63) is 70.8 Å². The van der Waals surface area contributed by atoms with E-state index in [4.69, 9.17) is 23.5 Å². The van der Waals surface area contributed by atoms with Crippen LogP contribution in [-0.4, -0.2) is 162 Å². The number of pyridine rings is 1. The summed E-state index contributed by atoms with van der Waals surface area (Å²) in [5, 5.41) is 22.7. The number of hydrogen-bond acceptors (Lipinski definition) is 14. The molecule has 0 unspecified atom stereocenters. The molecule has 2 aliphatic rings. The second-order valence-corrected chi connectivity index (χ2v) is 18.9. The van der Waals surface area contributed by atoms with E-state index in [9.17, 15) is 28.7 Å². The molecule has 2 atom stereocenters. The Kier molecular flexibility index (Phi) is 16.7. The summed E-state index contributed by atoms with van der Waals surface area (Å²) in [4.78, 5) is 63.5. The van der Waals surface area contributed by atoms with Gasteiger partial charge in [0.2, 0.25) is 11.8 Å². The SMILES string of the molecule is CN[C@@H](C)C(=O)N[C@H](C(=O)N1CCN(C(=O)c2c(C(=O)N(C)CCOCCOCCOc3cc(CC4CCC(Oc5ccnc6ccsc56)CC4)on3)c3cc(F)ccc3n2C)CC1)C(C)(C)O. The molecule has 3 N–H and O–H groups in total. The number of aliphatic hydroxyl groups is 1. The van der Waals surface area contributed by atoms with Crippen LogP contribution in [0.15, 0.2) is 52.5 Å². The lowest BCUT2D eigenvalue weighted by Gasteiger charge is -2.39. The van der Waals surface area contributed by atoms with Gasteiger partial charge in [-0.3, -0.25) is 24.2 Å². The molecule has 4 aromatic heterocycles. The van der Waals surface area contributed by atoms with Crippen LogP contribution in [0.25, 0.3) is 21.1 Å². The Morgan fingerprint density at radius 2 is 1.69 bits per heavy atom. The predicted octanol–water partition coefficient (Wildman–Crippen LogP) is 4.43. The van der Waals surface area contributed by atoms with Gasteiger partial charge in [-0.2, -0.15) is 0 Å². The molecule has 20 heteroatoms. The van der Waals surface area contributed by atoms with Crippen molar-refractivity contribution in [3.63, 3.8) is 0 Å². The van der Waals surface area contributed by atoms with Crippen LogP contribution in [0.3, 0.4) is 0 Å². The Morgan fingerprint density at radius 1 is 0.985 bits per heavy atom. The van der Waals surface area contributed by atoms with Gasteiger partial charge in [0.1, 0.15) is 35.7 Å². The Labute approximate surface area is 399 Å². The molecule has 5 aromatic rings. The number of amides is 4. The molecule has 18 nitrogen and oxygen atoms in total. The standard InChI is InChI=1S/C48H63FN8O10S/c1-30(50-4)44(58)52-43(48(2,3)62)47(61)57-18-16-56(17-19-57)46(60)41-40(35-28-32(49)9-12-37(35)55(41)6)45(59)54(5)20-21-63-22-23-64-24-25-65-39-29-34(67-53-39)27-31-7-10-33(11-8-31)66-38-13-15-51-36-14-26-68-42(36)38/h9,12-15,26,28-31,33,43,50,62H,7-8,10-11,16-25,27H2,1-6H3,(H,52,58)/t30-,31?,33?,43+/m0/s1. The summed E-state index contributed by atoms with van der Waals surface area (Å²) < 4.78 is 46.5. The number of benzene rings is 1. The Hall–Kier alpha value is -5.67. The van der Waals surface area contributed by atoms with Crippen LogP contribution >= 0.6 is 11.3 Å². The zero-order chi connectivity index (χ0) is 48.5. The third-order valence-electron chi connectivity index (χ3n) is 12.7. The maximum absolute atomic E-state index is 14.7. The molecule has 4 amide bonds. The molecule has 5 heterocycles. The summed E-state index contributed by atoms with van der Waals surface area (Å²) in [6.45, 7) is 6.53. The minimum absolute atomic E-state index is 0.0638. The van der Waals surface area contributed by atoms with Crippen LogP contribution in [0.5, 0.6) is 11.6 Å². The Morgan fingerprint density at radius 3 is 2.41 bits per heavy atom. The molecule has 7 rings (SSSR count). The van der Waals surface area contributed by atoms with Crippen molar-refractivity contribution >= 4 is 56.1 Å². The fourth-order valence-electron chi connectivity index (χ4n) is 8.62. The molecule has 0 bridgehead atoms. The summed E-state index contributed by atoms with van der Waals surface area (Å²) >= 11 is 1.65. The van der Waals surface area contributed by atoms with E-state index in [2.05, 4.69) is 20.8 Å². The lowest BCUT2D eigenvalue weighted by atomic mass is 9.84. The largest absolute Gasteiger partial charge is 0.489 e. The number of likely N-dealkylation sites (N-methyl/N-ethyl adjacent to an activating group) is 2. The number of carbonyl (C=O) groups excluding carboxylic acids is 4. The number of nitrogens with one attached hydrogen (secondary N) is 2. The zero-order valence-electron chi connectivity index (χ0n) is 39.6. The second kappa shape index (κ2) is 22.6. The smallest absolute Gasteiger partial charge is 0.271 e. The first-order valence-corrected chi connectivity index (χ1v) is 24.0. The average molecular weight is 963 g/mol. The molecule has 368 valence electrons. The van der Waals surface area contributed by atoms with Crippen molar-refractivity contribution < 1.29 is 52.1 Å². The van der Waals surface area contributed by atoms with Gasteiger partial charge in [0, 0.05) is 76.4 Å². The van der Waals surface area contributed by atoms with Gasteiger partial charge in [-0.1, -0.05) is 0 Å². The first kappa shape index (κ1) is 50.2. The topological polar surface area (TPSA) is 203 Å². The highest BCUT2D eigenvalue weighted by molar-refractivity contribution is 7.17. The van der Waals surface area contributed by atoms with E-state index in [1.807, 2.05) is 23.6 Å². The highest BCUT2D eigenvalue weighted by Gasteiger charge is 2.40. The van der Waals surface area contributed by atoms with Crippen LogP contribution in [0, 0.1) is 11.7 Å². The van der Waals surface area contributed by atoms with Crippen molar-refractivity contribution in [2.45, 2.75) is 76.7 Å². The van der Waals surface area contributed by atoms with E-state index >= 15 is 0 Å². The molecule has 1 saturated carbocycles. The monoisotopic (exact) mass is 962 g/mol. The third kappa shape index (κ3) is 12.1. The Balaban J connectivity index is 0.821. The molecule has 0 spiro atoms. The molecule has 0 radical (unpaired) electrons. The van der Waals surface area contributed by atoms with Crippen molar-refractivity contribution in [2.24, 2.45) is 13.0 Å². The van der Waals surface area contributed by atoms with Gasteiger partial charge >= 0.3 is 0 Å². The van der Waals surface area contributed by atoms with Gasteiger partial charge in [0.25, 0.3) is 17.7 Å². The minimum Gasteiger partial charge on any atom is -0.489 e. The fraction of sp³-hybridized carbons (Fsp3) is 0.542. The number of fused-ring (bicyclic) bond motifs is 2. The summed E-state index contributed by atoms with van der Waals surface area (Å²) in [5.74, 6) is 0.185. The van der Waals surface area contributed by atoms with E-state index in [1.54, 1.807) is 55.1 Å². The molecule has 1 aromatic carbocycles. The van der Waals surface area contributed by atoms with Gasteiger partial charge in [-0.05, 0) is 100 Å². The number of carbonyl (C=O) groups is 4. The number of halogens is 1.